The van der Waals surface area contributed by atoms with Gasteiger partial charge in [-0.05, 0) is 57.2 Å². The van der Waals surface area contributed by atoms with Crippen molar-refractivity contribution in [2.75, 3.05) is 13.6 Å². The van der Waals surface area contributed by atoms with Crippen LogP contribution in [-0.4, -0.2) is 38.5 Å². The van der Waals surface area contributed by atoms with Gasteiger partial charge in [0.1, 0.15) is 0 Å². The van der Waals surface area contributed by atoms with Crippen molar-refractivity contribution in [3.63, 3.8) is 0 Å². The van der Waals surface area contributed by atoms with Crippen molar-refractivity contribution in [3.8, 4) is 11.3 Å². The number of likely N-dealkylation sites (N-methyl/N-ethyl adjacent to an activating group) is 1. The highest BCUT2D eigenvalue weighted by Crippen LogP contribution is 2.34. The molecule has 0 radical (unpaired) electrons. The van der Waals surface area contributed by atoms with E-state index in [1.54, 1.807) is 0 Å². The summed E-state index contributed by atoms with van der Waals surface area (Å²) in [4.78, 5) is 2.38. The van der Waals surface area contributed by atoms with Crippen LogP contribution in [0.5, 0.6) is 0 Å². The fourth-order valence-electron chi connectivity index (χ4n) is 4.86. The molecule has 3 aromatic rings. The van der Waals surface area contributed by atoms with Crippen molar-refractivity contribution in [2.45, 2.75) is 64.8 Å². The molecule has 0 aliphatic heterocycles. The van der Waals surface area contributed by atoms with Gasteiger partial charge >= 0.3 is 0 Å². The number of rotatable bonds is 7. The normalized spacial score (nSPS) is 15.2. The van der Waals surface area contributed by atoms with Crippen LogP contribution in [0.1, 0.15) is 66.1 Å². The highest BCUT2D eigenvalue weighted by molar-refractivity contribution is 5.63. The van der Waals surface area contributed by atoms with Gasteiger partial charge in [0.2, 0.25) is 0 Å². The molecule has 2 aromatic heterocycles. The number of aryl methyl sites for hydroxylation is 3. The number of hydrogen-bond donors (Lipinski definition) is 1. The van der Waals surface area contributed by atoms with Crippen LogP contribution in [0.2, 0.25) is 0 Å². The Bertz CT molecular complexity index is 941. The Morgan fingerprint density at radius 2 is 1.83 bits per heavy atom. The number of nitrogens with one attached hydrogen (secondary N) is 1. The van der Waals surface area contributed by atoms with E-state index in [4.69, 9.17) is 5.10 Å². The van der Waals surface area contributed by atoms with Gasteiger partial charge in [-0.25, -0.2) is 0 Å². The molecule has 1 fully saturated rings. The van der Waals surface area contributed by atoms with Gasteiger partial charge in [0.25, 0.3) is 0 Å². The van der Waals surface area contributed by atoms with E-state index >= 15 is 0 Å². The highest BCUT2D eigenvalue weighted by Gasteiger charge is 2.17. The minimum atomic E-state index is 0.747. The first-order chi connectivity index (χ1) is 14.5. The molecule has 4 rings (SSSR count). The van der Waals surface area contributed by atoms with Crippen LogP contribution < -0.4 is 0 Å². The van der Waals surface area contributed by atoms with Crippen LogP contribution in [0.3, 0.4) is 0 Å². The van der Waals surface area contributed by atoms with Crippen LogP contribution >= 0.6 is 0 Å². The maximum Gasteiger partial charge on any atom is 0.0968 e. The van der Waals surface area contributed by atoms with Crippen molar-refractivity contribution >= 4 is 0 Å². The van der Waals surface area contributed by atoms with Crippen molar-refractivity contribution in [1.29, 1.82) is 0 Å². The van der Waals surface area contributed by atoms with Gasteiger partial charge in [-0.3, -0.25) is 9.78 Å². The summed E-state index contributed by atoms with van der Waals surface area (Å²) in [5, 5.41) is 12.2. The Hall–Kier alpha value is -2.40. The van der Waals surface area contributed by atoms with E-state index < -0.39 is 0 Å². The van der Waals surface area contributed by atoms with E-state index in [0.29, 0.717) is 0 Å². The molecule has 0 spiro atoms. The van der Waals surface area contributed by atoms with Gasteiger partial charge in [0.05, 0.1) is 11.4 Å². The monoisotopic (exact) mass is 405 g/mol. The molecule has 0 amide bonds. The summed E-state index contributed by atoms with van der Waals surface area (Å²) in [7, 11) is 4.20. The van der Waals surface area contributed by atoms with Crippen molar-refractivity contribution in [1.82, 2.24) is 24.9 Å². The maximum atomic E-state index is 4.79. The third-order valence-electron chi connectivity index (χ3n) is 6.63. The lowest BCUT2D eigenvalue weighted by Gasteiger charge is -2.22. The first kappa shape index (κ1) is 20.9. The quantitative estimate of drug-likeness (QED) is 0.591. The van der Waals surface area contributed by atoms with E-state index in [1.807, 2.05) is 11.7 Å². The Labute approximate surface area is 180 Å². The zero-order valence-corrected chi connectivity index (χ0v) is 18.9. The molecule has 160 valence electrons. The summed E-state index contributed by atoms with van der Waals surface area (Å²) in [5.74, 6) is 0.747. The predicted molar refractivity (Wildman–Crippen MR) is 123 cm³/mol. The molecule has 0 bridgehead atoms. The third kappa shape index (κ3) is 4.67. The molecule has 1 aliphatic rings. The second-order valence-electron chi connectivity index (χ2n) is 9.03. The Morgan fingerprint density at radius 1 is 1.10 bits per heavy atom. The smallest absolute Gasteiger partial charge is 0.0968 e. The van der Waals surface area contributed by atoms with Gasteiger partial charge in [0.15, 0.2) is 0 Å². The first-order valence-corrected chi connectivity index (χ1v) is 11.3. The molecule has 5 heteroatoms. The lowest BCUT2D eigenvalue weighted by molar-refractivity contribution is 0.331. The number of aromatic nitrogens is 4. The minimum absolute atomic E-state index is 0.747. The van der Waals surface area contributed by atoms with Crippen molar-refractivity contribution < 1.29 is 0 Å². The summed E-state index contributed by atoms with van der Waals surface area (Å²) < 4.78 is 1.94. The zero-order chi connectivity index (χ0) is 21.1. The number of aromatic amines is 1. The Balaban J connectivity index is 1.44. The van der Waals surface area contributed by atoms with Gasteiger partial charge in [-0.15, -0.1) is 0 Å². The summed E-state index contributed by atoms with van der Waals surface area (Å²) in [6, 6.07) is 9.21. The molecular weight excluding hydrogens is 370 g/mol. The van der Waals surface area contributed by atoms with E-state index in [0.717, 1.165) is 36.8 Å². The van der Waals surface area contributed by atoms with Crippen molar-refractivity contribution in [2.24, 2.45) is 7.05 Å². The Kier molecular flexibility index (Phi) is 6.38. The fraction of sp³-hybridized carbons (Fsp3) is 0.520. The average molecular weight is 406 g/mol. The third-order valence-corrected chi connectivity index (χ3v) is 6.63. The number of benzene rings is 1. The molecule has 1 aromatic carbocycles. The number of nitrogens with zero attached hydrogens (tertiary/aromatic N) is 4. The van der Waals surface area contributed by atoms with E-state index in [-0.39, 0.29) is 0 Å². The Morgan fingerprint density at radius 3 is 2.50 bits per heavy atom. The predicted octanol–water partition coefficient (Wildman–Crippen LogP) is 5.15. The lowest BCUT2D eigenvalue weighted by atomic mass is 9.84. The minimum Gasteiger partial charge on any atom is -0.302 e. The maximum absolute atomic E-state index is 4.79. The molecule has 0 unspecified atom stereocenters. The molecule has 2 heterocycles. The van der Waals surface area contributed by atoms with Crippen molar-refractivity contribution in [3.05, 3.63) is 58.5 Å². The van der Waals surface area contributed by atoms with Gasteiger partial charge in [-0.2, -0.15) is 10.2 Å². The van der Waals surface area contributed by atoms with Crippen LogP contribution in [0, 0.1) is 13.8 Å². The van der Waals surface area contributed by atoms with Crippen LogP contribution in [0.4, 0.5) is 0 Å². The molecule has 0 atom stereocenters. The van der Waals surface area contributed by atoms with Crippen LogP contribution in [0.15, 0.2) is 30.5 Å². The molecule has 5 nitrogen and oxygen atoms in total. The van der Waals surface area contributed by atoms with E-state index in [2.05, 4.69) is 66.5 Å². The summed E-state index contributed by atoms with van der Waals surface area (Å²) in [6.45, 7) is 6.07. The largest absolute Gasteiger partial charge is 0.302 e. The molecule has 30 heavy (non-hydrogen) atoms. The highest BCUT2D eigenvalue weighted by atomic mass is 15.3. The second kappa shape index (κ2) is 9.17. The zero-order valence-electron chi connectivity index (χ0n) is 18.9. The molecule has 0 saturated heterocycles. The fourth-order valence-corrected chi connectivity index (χ4v) is 4.86. The molecular formula is C25H35N5. The average Bonchev–Trinajstić information content (AvgIpc) is 3.28. The lowest BCUT2D eigenvalue weighted by Crippen LogP contribution is -2.21. The van der Waals surface area contributed by atoms with Crippen LogP contribution in [0.25, 0.3) is 11.3 Å². The summed E-state index contributed by atoms with van der Waals surface area (Å²) in [5.41, 5.74) is 8.74. The standard InChI is InChI=1S/C25H35N5/c1-18-24(19(2)27-26-18)14-15-29(3)16-23-17-30(4)28-25(23)22-12-10-21(11-13-22)20-8-6-5-7-9-20/h10-13,17,20H,5-9,14-16H2,1-4H3,(H,26,27). The van der Waals surface area contributed by atoms with Gasteiger partial charge in [0, 0.05) is 43.2 Å². The second-order valence-corrected chi connectivity index (χ2v) is 9.03. The van der Waals surface area contributed by atoms with Gasteiger partial charge < -0.3 is 4.90 Å². The number of hydrogen-bond acceptors (Lipinski definition) is 3. The summed E-state index contributed by atoms with van der Waals surface area (Å²) in [6.07, 6.45) is 10.0. The molecule has 1 saturated carbocycles. The van der Waals surface area contributed by atoms with Crippen LogP contribution in [-0.2, 0) is 20.0 Å². The first-order valence-electron chi connectivity index (χ1n) is 11.3. The molecule has 1 aliphatic carbocycles. The molecule has 1 N–H and O–H groups in total. The van der Waals surface area contributed by atoms with Gasteiger partial charge in [-0.1, -0.05) is 43.5 Å². The number of H-pyrrole nitrogens is 1. The topological polar surface area (TPSA) is 49.7 Å². The van der Waals surface area contributed by atoms with E-state index in [9.17, 15) is 0 Å². The summed E-state index contributed by atoms with van der Waals surface area (Å²) >= 11 is 0. The van der Waals surface area contributed by atoms with E-state index in [1.165, 1.54) is 60.1 Å². The SMILES string of the molecule is Cc1n[nH]c(C)c1CCN(C)Cc1cn(C)nc1-c1ccc(C2CCCCC2)cc1.